The van der Waals surface area contributed by atoms with Crippen LogP contribution in [0.25, 0.3) is 10.9 Å². The number of aryl methyl sites for hydroxylation is 1. The first-order valence-electron chi connectivity index (χ1n) is 12.1. The van der Waals surface area contributed by atoms with E-state index in [1.807, 2.05) is 38.2 Å². The Hall–Kier alpha value is -3.87. The molecule has 190 valence electrons. The Labute approximate surface area is 210 Å². The highest BCUT2D eigenvalue weighted by Crippen LogP contribution is 2.37. The highest BCUT2D eigenvalue weighted by Gasteiger charge is 2.38. The molecule has 3 N–H and O–H groups in total. The van der Waals surface area contributed by atoms with Crippen molar-refractivity contribution in [2.24, 2.45) is 13.0 Å². The molecule has 2 heterocycles. The Morgan fingerprint density at radius 2 is 2.08 bits per heavy atom. The number of benzene rings is 1. The van der Waals surface area contributed by atoms with Gasteiger partial charge in [-0.25, -0.2) is 14.2 Å². The van der Waals surface area contributed by atoms with E-state index in [0.29, 0.717) is 12.1 Å². The van der Waals surface area contributed by atoms with Gasteiger partial charge in [0.1, 0.15) is 11.7 Å². The van der Waals surface area contributed by atoms with Crippen LogP contribution in [-0.4, -0.2) is 38.5 Å². The highest BCUT2D eigenvalue weighted by molar-refractivity contribution is 5.93. The molecule has 0 unspecified atom stereocenters. The summed E-state index contributed by atoms with van der Waals surface area (Å²) in [6.07, 6.45) is 3.78. The van der Waals surface area contributed by atoms with Crippen LogP contribution in [0.4, 0.5) is 26.5 Å². The van der Waals surface area contributed by atoms with Gasteiger partial charge in [0.15, 0.2) is 17.5 Å². The van der Waals surface area contributed by atoms with E-state index in [1.54, 1.807) is 31.6 Å². The second kappa shape index (κ2) is 10.0. The van der Waals surface area contributed by atoms with E-state index in [0.717, 1.165) is 23.7 Å². The van der Waals surface area contributed by atoms with Crippen molar-refractivity contribution in [3.05, 3.63) is 41.8 Å². The zero-order chi connectivity index (χ0) is 26.0. The number of halogens is 1. The zero-order valence-electron chi connectivity index (χ0n) is 21.2. The maximum atomic E-state index is 15.1. The number of hydrogen-bond donors (Lipinski definition) is 3. The van der Waals surface area contributed by atoms with Crippen LogP contribution < -0.4 is 16.0 Å². The molecule has 2 atom stereocenters. The lowest BCUT2D eigenvalue weighted by atomic mass is 10.0. The number of carbonyl (C=O) groups excluding carboxylic acids is 1. The third-order valence-electron chi connectivity index (χ3n) is 6.15. The number of hydrogen-bond acceptors (Lipinski definition) is 7. The van der Waals surface area contributed by atoms with Crippen LogP contribution in [0.15, 0.2) is 30.5 Å². The number of carbonyl (C=O) groups is 1. The molecule has 0 aliphatic heterocycles. The smallest absolute Gasteiger partial charge is 0.407 e. The minimum absolute atomic E-state index is 0.0243. The molecule has 10 heteroatoms. The van der Waals surface area contributed by atoms with Gasteiger partial charge in [0.05, 0.1) is 35.0 Å². The van der Waals surface area contributed by atoms with Crippen molar-refractivity contribution >= 4 is 34.3 Å². The first-order chi connectivity index (χ1) is 17.1. The summed E-state index contributed by atoms with van der Waals surface area (Å²) < 4.78 is 22.3. The quantitative estimate of drug-likeness (QED) is 0.394. The average Bonchev–Trinajstić information content (AvgIpc) is 3.59. The Kier molecular flexibility index (Phi) is 7.02. The molecule has 4 rings (SSSR count). The van der Waals surface area contributed by atoms with Crippen LogP contribution in [-0.2, 0) is 11.8 Å². The number of fused-ring (bicyclic) bond motifs is 1. The molecule has 3 aromatic rings. The molecule has 1 saturated carbocycles. The minimum atomic E-state index is -0.630. The molecule has 0 saturated heterocycles. The highest BCUT2D eigenvalue weighted by atomic mass is 19.1. The van der Waals surface area contributed by atoms with Gasteiger partial charge < -0.3 is 20.7 Å². The molecule has 1 aliphatic rings. The predicted molar refractivity (Wildman–Crippen MR) is 136 cm³/mol. The van der Waals surface area contributed by atoms with Gasteiger partial charge in [-0.1, -0.05) is 13.0 Å². The Bertz CT molecular complexity index is 1300. The Morgan fingerprint density at radius 1 is 1.33 bits per heavy atom. The molecule has 9 nitrogen and oxygen atoms in total. The predicted octanol–water partition coefficient (Wildman–Crippen LogP) is 5.22. The second-order valence-electron chi connectivity index (χ2n) is 10.1. The molecule has 2 aromatic heterocycles. The lowest BCUT2D eigenvalue weighted by Crippen LogP contribution is -2.49. The topological polar surface area (TPSA) is 117 Å². The molecule has 0 spiro atoms. The van der Waals surface area contributed by atoms with E-state index in [4.69, 9.17) is 4.74 Å². The molecule has 1 fully saturated rings. The van der Waals surface area contributed by atoms with Gasteiger partial charge >= 0.3 is 6.09 Å². The van der Waals surface area contributed by atoms with Crippen LogP contribution >= 0.6 is 0 Å². The van der Waals surface area contributed by atoms with Crippen molar-refractivity contribution < 1.29 is 13.9 Å². The Balaban J connectivity index is 1.61. The monoisotopic (exact) mass is 493 g/mol. The molecule has 1 amide bonds. The van der Waals surface area contributed by atoms with Crippen molar-refractivity contribution in [3.63, 3.8) is 0 Å². The number of rotatable bonds is 8. The van der Waals surface area contributed by atoms with Crippen molar-refractivity contribution in [1.29, 1.82) is 5.26 Å². The maximum Gasteiger partial charge on any atom is 0.407 e. The summed E-state index contributed by atoms with van der Waals surface area (Å²) in [5, 5.41) is 24.1. The fourth-order valence-corrected chi connectivity index (χ4v) is 4.25. The summed E-state index contributed by atoms with van der Waals surface area (Å²) in [7, 11) is 1.85. The van der Waals surface area contributed by atoms with Crippen LogP contribution in [0.2, 0.25) is 0 Å². The van der Waals surface area contributed by atoms with Crippen molar-refractivity contribution in [1.82, 2.24) is 20.1 Å². The number of pyridine rings is 1. The van der Waals surface area contributed by atoms with Crippen LogP contribution in [0, 0.1) is 23.1 Å². The van der Waals surface area contributed by atoms with E-state index in [-0.39, 0.29) is 35.2 Å². The fraction of sp³-hybridized carbons (Fsp3) is 0.462. The molecule has 0 radical (unpaired) electrons. The van der Waals surface area contributed by atoms with Crippen molar-refractivity contribution in [2.75, 3.05) is 10.6 Å². The van der Waals surface area contributed by atoms with E-state index in [1.165, 1.54) is 6.07 Å². The number of nitrogens with zero attached hydrogens (tertiary/aromatic N) is 4. The summed E-state index contributed by atoms with van der Waals surface area (Å²) in [5.74, 6) is -0.103. The molecule has 0 bridgehead atoms. The summed E-state index contributed by atoms with van der Waals surface area (Å²) >= 11 is 0. The zero-order valence-corrected chi connectivity index (χ0v) is 21.2. The number of alkyl carbamates (subject to hydrolysis) is 1. The Morgan fingerprint density at radius 3 is 2.72 bits per heavy atom. The third kappa shape index (κ3) is 5.67. The number of ether oxygens (including phenoxy) is 1. The first-order valence-corrected chi connectivity index (χ1v) is 12.1. The molecule has 1 aromatic carbocycles. The van der Waals surface area contributed by atoms with Gasteiger partial charge in [0.25, 0.3) is 0 Å². The SMILES string of the molecule is CC[C@H](NC(=O)OC(C)(C)C)[C@H](Nc1nc(Nc2cccc3c2cnn3C)c(C#N)cc1F)C1CC1. The van der Waals surface area contributed by atoms with Gasteiger partial charge in [0.2, 0.25) is 0 Å². The van der Waals surface area contributed by atoms with E-state index < -0.39 is 17.5 Å². The standard InChI is InChI=1S/C26H32FN7O2/c1-6-19(31-25(35)36-26(2,3)4)22(15-10-11-15)32-24-18(27)12-16(13-28)23(33-24)30-20-8-7-9-21-17(20)14-29-34(21)5/h7-9,12,14-15,19,22H,6,10-11H2,1-5H3,(H,31,35)(H2,30,32,33)/t19-,22+/m0/s1. The summed E-state index contributed by atoms with van der Waals surface area (Å²) in [4.78, 5) is 16.9. The molecule has 36 heavy (non-hydrogen) atoms. The molecule has 1 aliphatic carbocycles. The fourth-order valence-electron chi connectivity index (χ4n) is 4.25. The largest absolute Gasteiger partial charge is 0.444 e. The summed E-state index contributed by atoms with van der Waals surface area (Å²) in [6.45, 7) is 7.38. The third-order valence-corrected chi connectivity index (χ3v) is 6.15. The summed E-state index contributed by atoms with van der Waals surface area (Å²) in [5.41, 5.74) is 1.08. The molecular formula is C26H32FN7O2. The second-order valence-corrected chi connectivity index (χ2v) is 10.1. The normalized spacial score (nSPS) is 15.1. The first kappa shape index (κ1) is 25.2. The number of nitriles is 1. The van der Waals surface area contributed by atoms with Gasteiger partial charge in [-0.15, -0.1) is 0 Å². The van der Waals surface area contributed by atoms with E-state index >= 15 is 4.39 Å². The van der Waals surface area contributed by atoms with Crippen LogP contribution in [0.5, 0.6) is 0 Å². The number of nitrogens with one attached hydrogen (secondary N) is 3. The minimum Gasteiger partial charge on any atom is -0.444 e. The van der Waals surface area contributed by atoms with Gasteiger partial charge in [-0.3, -0.25) is 4.68 Å². The van der Waals surface area contributed by atoms with Gasteiger partial charge in [0, 0.05) is 12.4 Å². The van der Waals surface area contributed by atoms with Gasteiger partial charge in [-0.2, -0.15) is 10.4 Å². The lowest BCUT2D eigenvalue weighted by Gasteiger charge is -2.30. The van der Waals surface area contributed by atoms with E-state index in [9.17, 15) is 10.1 Å². The maximum absolute atomic E-state index is 15.1. The van der Waals surface area contributed by atoms with Crippen LogP contribution in [0.1, 0.15) is 52.5 Å². The number of aromatic nitrogens is 3. The molecular weight excluding hydrogens is 461 g/mol. The summed E-state index contributed by atoms with van der Waals surface area (Å²) in [6, 6.07) is 8.33. The van der Waals surface area contributed by atoms with Gasteiger partial charge in [-0.05, 0) is 64.2 Å². The van der Waals surface area contributed by atoms with Crippen molar-refractivity contribution in [3.8, 4) is 6.07 Å². The van der Waals surface area contributed by atoms with Crippen LogP contribution in [0.3, 0.4) is 0 Å². The lowest BCUT2D eigenvalue weighted by molar-refractivity contribution is 0.0495. The average molecular weight is 494 g/mol. The number of amides is 1. The number of anilines is 3. The van der Waals surface area contributed by atoms with E-state index in [2.05, 4.69) is 26.0 Å². The van der Waals surface area contributed by atoms with Crippen molar-refractivity contribution in [2.45, 2.75) is 64.6 Å².